The minimum absolute atomic E-state index is 0.651. The molecule has 0 radical (unpaired) electrons. The fraction of sp³-hybridized carbons (Fsp3) is 0.429. The summed E-state index contributed by atoms with van der Waals surface area (Å²) in [4.78, 5) is 0. The average molecular weight is 267 g/mol. The SMILES string of the molecule is C/C=C\CC(CC)c1ccc(C)c(Br)c1. The molecular weight excluding hydrogens is 248 g/mol. The van der Waals surface area contributed by atoms with Gasteiger partial charge in [-0.2, -0.15) is 0 Å². The predicted molar refractivity (Wildman–Crippen MR) is 71.3 cm³/mol. The fourth-order valence-electron chi connectivity index (χ4n) is 1.70. The van der Waals surface area contributed by atoms with Crippen molar-refractivity contribution in [2.24, 2.45) is 0 Å². The summed E-state index contributed by atoms with van der Waals surface area (Å²) < 4.78 is 1.22. The smallest absolute Gasteiger partial charge is 0.0207 e. The van der Waals surface area contributed by atoms with E-state index in [9.17, 15) is 0 Å². The Morgan fingerprint density at radius 1 is 1.40 bits per heavy atom. The van der Waals surface area contributed by atoms with E-state index in [1.807, 2.05) is 0 Å². The van der Waals surface area contributed by atoms with E-state index in [0.717, 1.165) is 6.42 Å². The van der Waals surface area contributed by atoms with Gasteiger partial charge in [-0.1, -0.05) is 47.1 Å². The molecule has 0 aliphatic carbocycles. The van der Waals surface area contributed by atoms with Gasteiger partial charge in [0.25, 0.3) is 0 Å². The van der Waals surface area contributed by atoms with Crippen LogP contribution >= 0.6 is 15.9 Å². The Bertz CT molecular complexity index is 339. The monoisotopic (exact) mass is 266 g/mol. The van der Waals surface area contributed by atoms with Gasteiger partial charge in [0.15, 0.2) is 0 Å². The van der Waals surface area contributed by atoms with Gasteiger partial charge in [-0.15, -0.1) is 0 Å². The lowest BCUT2D eigenvalue weighted by Gasteiger charge is -2.14. The van der Waals surface area contributed by atoms with Crippen LogP contribution in [0.3, 0.4) is 0 Å². The highest BCUT2D eigenvalue weighted by atomic mass is 79.9. The molecule has 0 fully saturated rings. The summed E-state index contributed by atoms with van der Waals surface area (Å²) in [6.07, 6.45) is 6.72. The number of hydrogen-bond acceptors (Lipinski definition) is 0. The van der Waals surface area contributed by atoms with Gasteiger partial charge in [-0.3, -0.25) is 0 Å². The van der Waals surface area contributed by atoms with Crippen LogP contribution in [0.15, 0.2) is 34.8 Å². The molecule has 82 valence electrons. The predicted octanol–water partition coefficient (Wildman–Crippen LogP) is 5.22. The Balaban J connectivity index is 2.87. The molecule has 0 saturated carbocycles. The summed E-state index contributed by atoms with van der Waals surface area (Å²) >= 11 is 3.59. The molecular formula is C14H19Br. The average Bonchev–Trinajstić information content (AvgIpc) is 2.24. The van der Waals surface area contributed by atoms with E-state index >= 15 is 0 Å². The molecule has 1 atom stereocenters. The van der Waals surface area contributed by atoms with Crippen molar-refractivity contribution in [2.75, 3.05) is 0 Å². The van der Waals surface area contributed by atoms with Crippen LogP contribution in [-0.2, 0) is 0 Å². The third-order valence-corrected chi connectivity index (χ3v) is 3.67. The second-order valence-corrected chi connectivity index (χ2v) is 4.77. The third-order valence-electron chi connectivity index (χ3n) is 2.82. The largest absolute Gasteiger partial charge is 0.0916 e. The Labute approximate surface area is 102 Å². The molecule has 1 rings (SSSR count). The summed E-state index contributed by atoms with van der Waals surface area (Å²) in [6.45, 7) is 6.46. The topological polar surface area (TPSA) is 0 Å². The zero-order valence-corrected chi connectivity index (χ0v) is 11.3. The fourth-order valence-corrected chi connectivity index (χ4v) is 2.10. The van der Waals surface area contributed by atoms with Crippen LogP contribution in [0.1, 0.15) is 43.7 Å². The van der Waals surface area contributed by atoms with E-state index in [1.165, 1.54) is 22.0 Å². The van der Waals surface area contributed by atoms with Crippen LogP contribution in [0.2, 0.25) is 0 Å². The molecule has 1 heteroatoms. The Hall–Kier alpha value is -0.560. The van der Waals surface area contributed by atoms with Crippen molar-refractivity contribution in [1.29, 1.82) is 0 Å². The molecule has 15 heavy (non-hydrogen) atoms. The first kappa shape index (κ1) is 12.5. The zero-order chi connectivity index (χ0) is 11.3. The molecule has 0 aromatic heterocycles. The van der Waals surface area contributed by atoms with Gasteiger partial charge in [-0.25, -0.2) is 0 Å². The normalized spacial score (nSPS) is 13.3. The summed E-state index contributed by atoms with van der Waals surface area (Å²) in [5, 5.41) is 0. The summed E-state index contributed by atoms with van der Waals surface area (Å²) in [5.74, 6) is 0.651. The van der Waals surface area contributed by atoms with Gasteiger partial charge in [0.05, 0.1) is 0 Å². The zero-order valence-electron chi connectivity index (χ0n) is 9.76. The molecule has 1 aromatic carbocycles. The van der Waals surface area contributed by atoms with Crippen LogP contribution in [-0.4, -0.2) is 0 Å². The molecule has 0 aliphatic heterocycles. The maximum atomic E-state index is 3.59. The second kappa shape index (κ2) is 6.12. The van der Waals surface area contributed by atoms with Crippen molar-refractivity contribution in [2.45, 2.75) is 39.5 Å². The maximum Gasteiger partial charge on any atom is 0.0207 e. The number of rotatable bonds is 4. The van der Waals surface area contributed by atoms with Crippen LogP contribution in [0.5, 0.6) is 0 Å². The van der Waals surface area contributed by atoms with Gasteiger partial charge in [-0.05, 0) is 49.8 Å². The number of halogens is 1. The molecule has 0 bridgehead atoms. The van der Waals surface area contributed by atoms with Crippen molar-refractivity contribution in [3.8, 4) is 0 Å². The maximum absolute atomic E-state index is 3.59. The van der Waals surface area contributed by atoms with Crippen molar-refractivity contribution >= 4 is 15.9 Å². The van der Waals surface area contributed by atoms with Crippen LogP contribution in [0.4, 0.5) is 0 Å². The minimum atomic E-state index is 0.651. The van der Waals surface area contributed by atoms with E-state index < -0.39 is 0 Å². The Morgan fingerprint density at radius 2 is 2.13 bits per heavy atom. The van der Waals surface area contributed by atoms with Crippen molar-refractivity contribution < 1.29 is 0 Å². The molecule has 1 aromatic rings. The summed E-state index contributed by atoms with van der Waals surface area (Å²) in [5.41, 5.74) is 2.74. The van der Waals surface area contributed by atoms with Gasteiger partial charge >= 0.3 is 0 Å². The molecule has 0 spiro atoms. The molecule has 1 unspecified atom stereocenters. The first-order valence-electron chi connectivity index (χ1n) is 5.56. The van der Waals surface area contributed by atoms with E-state index in [-0.39, 0.29) is 0 Å². The second-order valence-electron chi connectivity index (χ2n) is 3.92. The van der Waals surface area contributed by atoms with Crippen LogP contribution in [0, 0.1) is 6.92 Å². The lowest BCUT2D eigenvalue weighted by Crippen LogP contribution is -1.96. The van der Waals surface area contributed by atoms with E-state index in [0.29, 0.717) is 5.92 Å². The van der Waals surface area contributed by atoms with Gasteiger partial charge in [0.2, 0.25) is 0 Å². The minimum Gasteiger partial charge on any atom is -0.0916 e. The van der Waals surface area contributed by atoms with Crippen molar-refractivity contribution in [3.05, 3.63) is 46.0 Å². The molecule has 0 N–H and O–H groups in total. The molecule has 0 amide bonds. The standard InChI is InChI=1S/C14H19Br/c1-4-6-7-12(5-2)13-9-8-11(3)14(15)10-13/h4,6,8-10,12H,5,7H2,1-3H3/b6-4-. The van der Waals surface area contributed by atoms with Gasteiger partial charge in [0.1, 0.15) is 0 Å². The van der Waals surface area contributed by atoms with Crippen LogP contribution < -0.4 is 0 Å². The quantitative estimate of drug-likeness (QED) is 0.656. The number of benzene rings is 1. The summed E-state index contributed by atoms with van der Waals surface area (Å²) in [6, 6.07) is 6.70. The number of aryl methyl sites for hydroxylation is 1. The highest BCUT2D eigenvalue weighted by Crippen LogP contribution is 2.27. The van der Waals surface area contributed by atoms with Crippen molar-refractivity contribution in [1.82, 2.24) is 0 Å². The highest BCUT2D eigenvalue weighted by molar-refractivity contribution is 9.10. The first-order valence-corrected chi connectivity index (χ1v) is 6.35. The third kappa shape index (κ3) is 3.49. The number of allylic oxidation sites excluding steroid dienone is 2. The number of hydrogen-bond donors (Lipinski definition) is 0. The lowest BCUT2D eigenvalue weighted by molar-refractivity contribution is 0.673. The molecule has 0 nitrogen and oxygen atoms in total. The van der Waals surface area contributed by atoms with Crippen molar-refractivity contribution in [3.63, 3.8) is 0 Å². The Kier molecular flexibility index (Phi) is 5.10. The highest BCUT2D eigenvalue weighted by Gasteiger charge is 2.08. The van der Waals surface area contributed by atoms with Crippen LogP contribution in [0.25, 0.3) is 0 Å². The van der Waals surface area contributed by atoms with Gasteiger partial charge in [0, 0.05) is 4.47 Å². The van der Waals surface area contributed by atoms with E-state index in [1.54, 1.807) is 0 Å². The van der Waals surface area contributed by atoms with Gasteiger partial charge < -0.3 is 0 Å². The van der Waals surface area contributed by atoms with E-state index in [4.69, 9.17) is 0 Å². The summed E-state index contributed by atoms with van der Waals surface area (Å²) in [7, 11) is 0. The lowest BCUT2D eigenvalue weighted by atomic mass is 9.92. The Morgan fingerprint density at radius 3 is 2.67 bits per heavy atom. The molecule has 0 aliphatic rings. The molecule has 0 heterocycles. The van der Waals surface area contributed by atoms with E-state index in [2.05, 4.69) is 67.1 Å². The molecule has 0 saturated heterocycles. The first-order chi connectivity index (χ1) is 7.19.